The Morgan fingerprint density at radius 1 is 0.197 bits per heavy atom. The lowest BCUT2D eigenvalue weighted by Crippen LogP contribution is -2.10. The third-order valence-corrected chi connectivity index (χ3v) is 12.1. The van der Waals surface area contributed by atoms with E-state index in [0.717, 1.165) is 17.1 Å². The zero-order chi connectivity index (χ0) is 40.5. The predicted octanol–water partition coefficient (Wildman–Crippen LogP) is 17.0. The van der Waals surface area contributed by atoms with Crippen molar-refractivity contribution >= 4 is 49.4 Å². The third-order valence-electron chi connectivity index (χ3n) is 12.1. The summed E-state index contributed by atoms with van der Waals surface area (Å²) in [5.74, 6) is 0. The maximum atomic E-state index is 2.39. The highest BCUT2D eigenvalue weighted by molar-refractivity contribution is 6.13. The van der Waals surface area contributed by atoms with Crippen molar-refractivity contribution in [2.45, 2.75) is 0 Å². The Morgan fingerprint density at radius 3 is 1.34 bits per heavy atom. The molecule has 11 aromatic rings. The summed E-state index contributed by atoms with van der Waals surface area (Å²) in [7, 11) is 0. The first-order valence-electron chi connectivity index (χ1n) is 21.0. The molecule has 0 aliphatic carbocycles. The van der Waals surface area contributed by atoms with Gasteiger partial charge in [-0.15, -0.1) is 0 Å². The maximum absolute atomic E-state index is 2.39. The van der Waals surface area contributed by atoms with E-state index in [1.165, 1.54) is 88.0 Å². The molecule has 1 heteroatoms. The second-order valence-electron chi connectivity index (χ2n) is 15.7. The smallest absolute Gasteiger partial charge is 0.0468 e. The number of rotatable bonds is 8. The van der Waals surface area contributed by atoms with E-state index in [4.69, 9.17) is 0 Å². The van der Waals surface area contributed by atoms with Crippen LogP contribution in [0.15, 0.2) is 249 Å². The van der Waals surface area contributed by atoms with E-state index >= 15 is 0 Å². The Balaban J connectivity index is 1.04. The normalized spacial score (nSPS) is 11.3. The molecule has 0 bridgehead atoms. The van der Waals surface area contributed by atoms with Gasteiger partial charge in [0, 0.05) is 17.1 Å². The summed E-state index contributed by atoms with van der Waals surface area (Å²) in [5, 5.41) is 7.56. The van der Waals surface area contributed by atoms with E-state index in [1.807, 2.05) is 0 Å². The topological polar surface area (TPSA) is 3.24 Å². The van der Waals surface area contributed by atoms with Crippen LogP contribution in [0.4, 0.5) is 17.1 Å². The molecule has 0 radical (unpaired) electrons. The molecule has 0 aliphatic rings. The van der Waals surface area contributed by atoms with Gasteiger partial charge in [-0.1, -0.05) is 200 Å². The molecule has 11 aromatic carbocycles. The third kappa shape index (κ3) is 6.93. The first kappa shape index (κ1) is 36.1. The summed E-state index contributed by atoms with van der Waals surface area (Å²) >= 11 is 0. The first-order valence-corrected chi connectivity index (χ1v) is 21.0. The molecule has 0 fully saturated rings. The summed E-state index contributed by atoms with van der Waals surface area (Å²) in [4.78, 5) is 2.39. The van der Waals surface area contributed by atoms with Gasteiger partial charge in [0.15, 0.2) is 0 Å². The fourth-order valence-electron chi connectivity index (χ4n) is 8.95. The van der Waals surface area contributed by atoms with Crippen LogP contribution in [0.5, 0.6) is 0 Å². The first-order chi connectivity index (χ1) is 30.2. The summed E-state index contributed by atoms with van der Waals surface area (Å²) < 4.78 is 0. The molecule has 61 heavy (non-hydrogen) atoms. The highest BCUT2D eigenvalue weighted by atomic mass is 15.1. The summed E-state index contributed by atoms with van der Waals surface area (Å²) in [6.07, 6.45) is 0. The van der Waals surface area contributed by atoms with Crippen LogP contribution in [-0.4, -0.2) is 0 Å². The molecule has 0 amide bonds. The van der Waals surface area contributed by atoms with Gasteiger partial charge < -0.3 is 4.90 Å². The van der Waals surface area contributed by atoms with Gasteiger partial charge in [-0.2, -0.15) is 0 Å². The molecular weight excluding hydrogens is 735 g/mol. The summed E-state index contributed by atoms with van der Waals surface area (Å²) in [6, 6.07) is 90.5. The highest BCUT2D eigenvalue weighted by Gasteiger charge is 2.18. The average Bonchev–Trinajstić information content (AvgIpc) is 3.35. The van der Waals surface area contributed by atoms with Crippen LogP contribution in [0.2, 0.25) is 0 Å². The molecule has 0 aromatic heterocycles. The molecule has 11 rings (SSSR count). The molecule has 0 N–H and O–H groups in total. The highest BCUT2D eigenvalue weighted by Crippen LogP contribution is 2.43. The minimum Gasteiger partial charge on any atom is -0.310 e. The van der Waals surface area contributed by atoms with Gasteiger partial charge in [-0.25, -0.2) is 0 Å². The van der Waals surface area contributed by atoms with Crippen LogP contribution in [0.25, 0.3) is 88.0 Å². The van der Waals surface area contributed by atoms with Crippen LogP contribution in [0.1, 0.15) is 0 Å². The molecule has 0 spiro atoms. The monoisotopic (exact) mass is 775 g/mol. The molecule has 286 valence electrons. The molecule has 0 atom stereocenters. The van der Waals surface area contributed by atoms with Crippen molar-refractivity contribution in [1.82, 2.24) is 0 Å². The Labute approximate surface area is 357 Å². The second-order valence-corrected chi connectivity index (χ2v) is 15.7. The number of anilines is 3. The van der Waals surface area contributed by atoms with E-state index in [-0.39, 0.29) is 0 Å². The van der Waals surface area contributed by atoms with E-state index in [1.54, 1.807) is 0 Å². The van der Waals surface area contributed by atoms with Gasteiger partial charge in [0.1, 0.15) is 0 Å². The van der Waals surface area contributed by atoms with Crippen LogP contribution >= 0.6 is 0 Å². The number of fused-ring (bicyclic) bond motifs is 4. The Hall–Kier alpha value is -8.00. The van der Waals surface area contributed by atoms with E-state index in [9.17, 15) is 0 Å². The Kier molecular flexibility index (Phi) is 9.26. The summed E-state index contributed by atoms with van der Waals surface area (Å²) in [5.41, 5.74) is 15.2. The van der Waals surface area contributed by atoms with Gasteiger partial charge >= 0.3 is 0 Å². The lowest BCUT2D eigenvalue weighted by molar-refractivity contribution is 1.28. The standard InChI is InChI=1S/C60H41N/c1-3-13-42(14-4-1)44-29-33-52(34-30-44)61(53-35-31-48(32-36-53)59-40-51-19-9-10-20-55(51)57-21-11-12-22-58(57)59)54-37-38-56(46-16-5-2-6-17-46)60(41-54)47-26-23-45(24-27-47)50-28-25-43-15-7-8-18-49(43)39-50/h1-41H. The molecule has 0 heterocycles. The molecular formula is C60H41N. The van der Waals surface area contributed by atoms with Gasteiger partial charge in [0.05, 0.1) is 0 Å². The molecule has 0 saturated carbocycles. The molecule has 1 nitrogen and oxygen atoms in total. The van der Waals surface area contributed by atoms with E-state index < -0.39 is 0 Å². The van der Waals surface area contributed by atoms with Crippen molar-refractivity contribution in [2.75, 3.05) is 4.90 Å². The number of nitrogens with zero attached hydrogens (tertiary/aromatic N) is 1. The van der Waals surface area contributed by atoms with Crippen LogP contribution < -0.4 is 4.90 Å². The Bertz CT molecular complexity index is 3310. The fourth-order valence-corrected chi connectivity index (χ4v) is 8.95. The number of benzene rings is 11. The quantitative estimate of drug-likeness (QED) is 0.139. The van der Waals surface area contributed by atoms with Gasteiger partial charge in [-0.05, 0) is 136 Å². The average molecular weight is 776 g/mol. The minimum atomic E-state index is 1.09. The Morgan fingerprint density at radius 2 is 0.639 bits per heavy atom. The fraction of sp³-hybridized carbons (Fsp3) is 0. The van der Waals surface area contributed by atoms with Crippen molar-refractivity contribution in [2.24, 2.45) is 0 Å². The maximum Gasteiger partial charge on any atom is 0.0468 e. The second kappa shape index (κ2) is 15.6. The van der Waals surface area contributed by atoms with Crippen molar-refractivity contribution in [3.05, 3.63) is 249 Å². The van der Waals surface area contributed by atoms with Crippen LogP contribution in [0.3, 0.4) is 0 Å². The van der Waals surface area contributed by atoms with Crippen molar-refractivity contribution in [3.63, 3.8) is 0 Å². The molecule has 0 unspecified atom stereocenters. The van der Waals surface area contributed by atoms with Crippen LogP contribution in [0, 0.1) is 0 Å². The van der Waals surface area contributed by atoms with Crippen LogP contribution in [-0.2, 0) is 0 Å². The zero-order valence-corrected chi connectivity index (χ0v) is 33.6. The number of hydrogen-bond donors (Lipinski definition) is 0. The number of hydrogen-bond acceptors (Lipinski definition) is 1. The van der Waals surface area contributed by atoms with Crippen molar-refractivity contribution < 1.29 is 0 Å². The molecule has 0 aliphatic heterocycles. The van der Waals surface area contributed by atoms with E-state index in [0.29, 0.717) is 0 Å². The largest absolute Gasteiger partial charge is 0.310 e. The van der Waals surface area contributed by atoms with Crippen molar-refractivity contribution in [1.29, 1.82) is 0 Å². The van der Waals surface area contributed by atoms with Crippen molar-refractivity contribution in [3.8, 4) is 55.6 Å². The van der Waals surface area contributed by atoms with E-state index in [2.05, 4.69) is 254 Å². The minimum absolute atomic E-state index is 1.09. The lowest BCUT2D eigenvalue weighted by atomic mass is 9.92. The van der Waals surface area contributed by atoms with Gasteiger partial charge in [0.2, 0.25) is 0 Å². The van der Waals surface area contributed by atoms with Gasteiger partial charge in [0.25, 0.3) is 0 Å². The molecule has 0 saturated heterocycles. The summed E-state index contributed by atoms with van der Waals surface area (Å²) in [6.45, 7) is 0. The zero-order valence-electron chi connectivity index (χ0n) is 33.6. The predicted molar refractivity (Wildman–Crippen MR) is 261 cm³/mol. The lowest BCUT2D eigenvalue weighted by Gasteiger charge is -2.27. The van der Waals surface area contributed by atoms with Gasteiger partial charge in [-0.3, -0.25) is 0 Å². The SMILES string of the molecule is c1ccc(-c2ccc(N(c3ccc(-c4cc5ccccc5c5ccccc45)cc3)c3ccc(-c4ccccc4)c(-c4ccc(-c5ccc6ccccc6c5)cc4)c3)cc2)cc1.